The Morgan fingerprint density at radius 2 is 1.80 bits per heavy atom. The van der Waals surface area contributed by atoms with Crippen LogP contribution < -0.4 is 5.32 Å². The maximum Gasteiger partial charge on any atom is 0.148 e. The minimum Gasteiger partial charge on any atom is -0.364 e. The number of para-hydroxylation sites is 2. The number of aromatic nitrogens is 2. The highest BCUT2D eigenvalue weighted by Gasteiger charge is 2.34. The summed E-state index contributed by atoms with van der Waals surface area (Å²) in [6.45, 7) is 5.73. The molecule has 4 heteroatoms. The number of hydrogen-bond acceptors (Lipinski definition) is 4. The van der Waals surface area contributed by atoms with Crippen molar-refractivity contribution in [2.45, 2.75) is 25.8 Å². The standard InChI is InChI=1S/C16H20N4/c1-11-16(18-14-5-3-2-4-13(14)17-11)19-15-10-20-8-6-12(15)7-9-20/h2-5,12,15H,6-10H2,1H3,(H,18,19). The number of nitrogens with zero attached hydrogens (tertiary/aromatic N) is 3. The molecule has 1 atom stereocenters. The molecule has 104 valence electrons. The summed E-state index contributed by atoms with van der Waals surface area (Å²) in [4.78, 5) is 12.0. The van der Waals surface area contributed by atoms with Crippen molar-refractivity contribution in [3.05, 3.63) is 30.0 Å². The van der Waals surface area contributed by atoms with Crippen LogP contribution in [0.4, 0.5) is 5.82 Å². The zero-order valence-electron chi connectivity index (χ0n) is 11.8. The predicted octanol–water partition coefficient (Wildman–Crippen LogP) is 2.44. The monoisotopic (exact) mass is 268 g/mol. The second kappa shape index (κ2) is 4.70. The molecule has 5 rings (SSSR count). The van der Waals surface area contributed by atoms with Gasteiger partial charge in [0.2, 0.25) is 0 Å². The molecule has 2 bridgehead atoms. The summed E-state index contributed by atoms with van der Waals surface area (Å²) < 4.78 is 0. The molecular formula is C16H20N4. The molecule has 3 aliphatic heterocycles. The predicted molar refractivity (Wildman–Crippen MR) is 80.8 cm³/mol. The number of anilines is 1. The summed E-state index contributed by atoms with van der Waals surface area (Å²) in [6, 6.07) is 8.62. The minimum absolute atomic E-state index is 0.534. The summed E-state index contributed by atoms with van der Waals surface area (Å²) in [5.74, 6) is 1.76. The van der Waals surface area contributed by atoms with E-state index in [1.54, 1.807) is 0 Å². The van der Waals surface area contributed by atoms with Crippen molar-refractivity contribution >= 4 is 16.9 Å². The molecule has 4 nitrogen and oxygen atoms in total. The summed E-state index contributed by atoms with van der Waals surface area (Å²) in [6.07, 6.45) is 2.63. The summed E-state index contributed by atoms with van der Waals surface area (Å²) >= 11 is 0. The van der Waals surface area contributed by atoms with E-state index < -0.39 is 0 Å². The van der Waals surface area contributed by atoms with Crippen molar-refractivity contribution in [3.8, 4) is 0 Å². The van der Waals surface area contributed by atoms with E-state index in [-0.39, 0.29) is 0 Å². The molecule has 0 saturated carbocycles. The van der Waals surface area contributed by atoms with Gasteiger partial charge in [-0.15, -0.1) is 0 Å². The smallest absolute Gasteiger partial charge is 0.148 e. The van der Waals surface area contributed by atoms with E-state index >= 15 is 0 Å². The van der Waals surface area contributed by atoms with Crippen LogP contribution in [0.1, 0.15) is 18.5 Å². The van der Waals surface area contributed by atoms with E-state index in [1.165, 1.54) is 25.9 Å². The lowest BCUT2D eigenvalue weighted by Gasteiger charge is -2.45. The van der Waals surface area contributed by atoms with Crippen LogP contribution in [-0.2, 0) is 0 Å². The molecule has 1 N–H and O–H groups in total. The van der Waals surface area contributed by atoms with Gasteiger partial charge in [0.25, 0.3) is 0 Å². The van der Waals surface area contributed by atoms with Crippen molar-refractivity contribution < 1.29 is 0 Å². The summed E-state index contributed by atoms with van der Waals surface area (Å²) in [5, 5.41) is 3.66. The molecule has 0 radical (unpaired) electrons. The van der Waals surface area contributed by atoms with Gasteiger partial charge in [-0.25, -0.2) is 9.97 Å². The lowest BCUT2D eigenvalue weighted by molar-refractivity contribution is 0.0973. The van der Waals surface area contributed by atoms with Crippen molar-refractivity contribution in [2.75, 3.05) is 25.0 Å². The molecule has 1 unspecified atom stereocenters. The highest BCUT2D eigenvalue weighted by molar-refractivity contribution is 5.76. The molecule has 0 amide bonds. The van der Waals surface area contributed by atoms with Crippen LogP contribution in [0.15, 0.2) is 24.3 Å². The maximum atomic E-state index is 4.76. The van der Waals surface area contributed by atoms with Gasteiger partial charge in [0.05, 0.1) is 16.7 Å². The number of fused-ring (bicyclic) bond motifs is 4. The first-order chi connectivity index (χ1) is 9.79. The highest BCUT2D eigenvalue weighted by atomic mass is 15.2. The molecule has 4 heterocycles. The average Bonchev–Trinajstić information content (AvgIpc) is 2.49. The SMILES string of the molecule is Cc1nc2ccccc2nc1NC1CN2CCC1CC2. The first-order valence-electron chi connectivity index (χ1n) is 7.52. The number of nitrogens with one attached hydrogen (secondary N) is 1. The van der Waals surface area contributed by atoms with Crippen LogP contribution in [0, 0.1) is 12.8 Å². The van der Waals surface area contributed by atoms with Gasteiger partial charge in [-0.2, -0.15) is 0 Å². The zero-order valence-corrected chi connectivity index (χ0v) is 11.8. The second-order valence-electron chi connectivity index (χ2n) is 6.04. The molecule has 1 aromatic heterocycles. The molecule has 3 saturated heterocycles. The van der Waals surface area contributed by atoms with Gasteiger partial charge in [-0.1, -0.05) is 12.1 Å². The van der Waals surface area contributed by atoms with Crippen molar-refractivity contribution in [1.29, 1.82) is 0 Å². The Balaban J connectivity index is 1.63. The topological polar surface area (TPSA) is 41.1 Å². The summed E-state index contributed by atoms with van der Waals surface area (Å²) in [7, 11) is 0. The quantitative estimate of drug-likeness (QED) is 0.908. The molecule has 0 aliphatic carbocycles. The fraction of sp³-hybridized carbons (Fsp3) is 0.500. The van der Waals surface area contributed by atoms with E-state index in [9.17, 15) is 0 Å². The number of benzene rings is 1. The van der Waals surface area contributed by atoms with E-state index in [0.29, 0.717) is 6.04 Å². The van der Waals surface area contributed by atoms with Crippen molar-refractivity contribution in [3.63, 3.8) is 0 Å². The number of rotatable bonds is 2. The van der Waals surface area contributed by atoms with Gasteiger partial charge in [0.15, 0.2) is 0 Å². The number of aryl methyl sites for hydroxylation is 1. The average molecular weight is 268 g/mol. The number of hydrogen-bond donors (Lipinski definition) is 1. The maximum absolute atomic E-state index is 4.76. The third-order valence-corrected chi connectivity index (χ3v) is 4.72. The van der Waals surface area contributed by atoms with Crippen molar-refractivity contribution in [1.82, 2.24) is 14.9 Å². The van der Waals surface area contributed by atoms with Gasteiger partial charge in [0, 0.05) is 12.6 Å². The fourth-order valence-electron chi connectivity index (χ4n) is 3.53. The van der Waals surface area contributed by atoms with E-state index in [0.717, 1.165) is 35.0 Å². The van der Waals surface area contributed by atoms with Gasteiger partial charge >= 0.3 is 0 Å². The van der Waals surface area contributed by atoms with E-state index in [4.69, 9.17) is 4.98 Å². The molecule has 20 heavy (non-hydrogen) atoms. The highest BCUT2D eigenvalue weighted by Crippen LogP contribution is 2.30. The van der Waals surface area contributed by atoms with Crippen LogP contribution in [0.25, 0.3) is 11.0 Å². The molecule has 1 aromatic carbocycles. The van der Waals surface area contributed by atoms with Crippen LogP contribution in [0.5, 0.6) is 0 Å². The summed E-state index contributed by atoms with van der Waals surface area (Å²) in [5.41, 5.74) is 2.95. The Kier molecular flexibility index (Phi) is 2.84. The molecule has 3 aliphatic rings. The van der Waals surface area contributed by atoms with Crippen molar-refractivity contribution in [2.24, 2.45) is 5.92 Å². The Morgan fingerprint density at radius 1 is 1.10 bits per heavy atom. The van der Waals surface area contributed by atoms with Crippen LogP contribution >= 0.6 is 0 Å². The lowest BCUT2D eigenvalue weighted by Crippen LogP contribution is -2.53. The number of piperidine rings is 3. The molecule has 2 aromatic rings. The van der Waals surface area contributed by atoms with Gasteiger partial charge in [-0.3, -0.25) is 0 Å². The van der Waals surface area contributed by atoms with Crippen LogP contribution in [0.2, 0.25) is 0 Å². The first-order valence-corrected chi connectivity index (χ1v) is 7.52. The lowest BCUT2D eigenvalue weighted by atomic mass is 9.84. The third-order valence-electron chi connectivity index (χ3n) is 4.72. The first kappa shape index (κ1) is 12.1. The second-order valence-corrected chi connectivity index (χ2v) is 6.04. The molecule has 3 fully saturated rings. The van der Waals surface area contributed by atoms with Gasteiger partial charge in [0.1, 0.15) is 5.82 Å². The van der Waals surface area contributed by atoms with Gasteiger partial charge < -0.3 is 10.2 Å². The van der Waals surface area contributed by atoms with E-state index in [2.05, 4.69) is 15.2 Å². The largest absolute Gasteiger partial charge is 0.364 e. The Labute approximate surface area is 119 Å². The zero-order chi connectivity index (χ0) is 13.5. The Hall–Kier alpha value is -1.68. The normalized spacial score (nSPS) is 28.8. The van der Waals surface area contributed by atoms with Crippen LogP contribution in [0.3, 0.4) is 0 Å². The van der Waals surface area contributed by atoms with Crippen LogP contribution in [-0.4, -0.2) is 40.5 Å². The minimum atomic E-state index is 0.534. The van der Waals surface area contributed by atoms with E-state index in [1.807, 2.05) is 31.2 Å². The molecule has 0 spiro atoms. The Bertz CT molecular complexity index is 631. The molecular weight excluding hydrogens is 248 g/mol. The van der Waals surface area contributed by atoms with Gasteiger partial charge in [-0.05, 0) is 50.9 Å². The fourth-order valence-corrected chi connectivity index (χ4v) is 3.53. The third kappa shape index (κ3) is 2.04. The Morgan fingerprint density at radius 3 is 2.45 bits per heavy atom.